The molecule has 3 aromatic rings. The Kier molecular flexibility index (Phi) is 12.3. The molecule has 0 aliphatic heterocycles. The van der Waals surface area contributed by atoms with E-state index in [4.69, 9.17) is 0 Å². The van der Waals surface area contributed by atoms with E-state index in [1.54, 1.807) is 62.3 Å². The quantitative estimate of drug-likeness (QED) is 0.142. The lowest BCUT2D eigenvalue weighted by Crippen LogP contribution is -2.75. The summed E-state index contributed by atoms with van der Waals surface area (Å²) in [5.74, 6) is -52.3. The van der Waals surface area contributed by atoms with Crippen LogP contribution in [0.1, 0.15) is 79.0 Å². The second-order valence-corrected chi connectivity index (χ2v) is 23.6. The van der Waals surface area contributed by atoms with Crippen molar-refractivity contribution in [2.24, 2.45) is 0 Å². The zero-order valence-electron chi connectivity index (χ0n) is 32.5. The molecule has 0 spiro atoms. The van der Waals surface area contributed by atoms with Crippen molar-refractivity contribution in [3.05, 3.63) is 89.5 Å². The topological polar surface area (TPSA) is 34.1 Å². The number of rotatable bonds is 11. The first-order chi connectivity index (χ1) is 25.9. The molecule has 0 heterocycles. The van der Waals surface area contributed by atoms with Gasteiger partial charge in [0, 0.05) is 14.7 Å². The summed E-state index contributed by atoms with van der Waals surface area (Å²) in [5.41, 5.74) is -1.38. The number of halogens is 17. The van der Waals surface area contributed by atoms with Crippen molar-refractivity contribution >= 4 is 17.9 Å². The second-order valence-electron chi connectivity index (χ2n) is 16.8. The van der Waals surface area contributed by atoms with Crippen molar-refractivity contribution in [1.29, 1.82) is 0 Å². The summed E-state index contributed by atoms with van der Waals surface area (Å²) in [5, 5.41) is -7.77. The van der Waals surface area contributed by atoms with Gasteiger partial charge in [0.25, 0.3) is 8.87 Å². The van der Waals surface area contributed by atoms with Crippen molar-refractivity contribution in [2.75, 3.05) is 0 Å². The molecule has 0 saturated heterocycles. The van der Waals surface area contributed by atoms with Gasteiger partial charge in [-0.2, -0.15) is 74.6 Å². The molecule has 0 aliphatic carbocycles. The summed E-state index contributed by atoms with van der Waals surface area (Å²) in [6.07, 6.45) is -7.93. The van der Waals surface area contributed by atoms with Crippen molar-refractivity contribution in [3.8, 4) is 0 Å². The Morgan fingerprint density at radius 1 is 0.322 bits per heavy atom. The lowest BCUT2D eigenvalue weighted by molar-refractivity contribution is -0.458. The van der Waals surface area contributed by atoms with Crippen molar-refractivity contribution in [3.63, 3.8) is 0 Å². The second kappa shape index (κ2) is 14.4. The van der Waals surface area contributed by atoms with Crippen LogP contribution in [-0.2, 0) is 25.1 Å². The lowest BCUT2D eigenvalue weighted by atomic mass is 9.87. The summed E-state index contributed by atoms with van der Waals surface area (Å²) in [6, 6.07) is 11.7. The largest absolute Gasteiger partial charge is 0.460 e. The van der Waals surface area contributed by atoms with Gasteiger partial charge >= 0.3 is 47.0 Å². The fourth-order valence-corrected chi connectivity index (χ4v) is 14.1. The fraction of sp³-hybridized carbons (Fsp3) is 0.526. The summed E-state index contributed by atoms with van der Waals surface area (Å²) in [6.45, 7) is 14.6. The van der Waals surface area contributed by atoms with E-state index in [0.717, 1.165) is 72.8 Å². The number of benzene rings is 3. The summed E-state index contributed by atoms with van der Waals surface area (Å²) in [7, 11) is -13.2. The Bertz CT molecular complexity index is 1950. The first kappa shape index (κ1) is 50.1. The Morgan fingerprint density at radius 3 is 0.729 bits per heavy atom. The Morgan fingerprint density at radius 2 is 0.525 bits per heavy atom. The van der Waals surface area contributed by atoms with Crippen LogP contribution < -0.4 is 0 Å². The predicted molar refractivity (Wildman–Crippen MR) is 187 cm³/mol. The van der Waals surface area contributed by atoms with Gasteiger partial charge in [0.05, 0.1) is 0 Å². The molecule has 334 valence electrons. The highest BCUT2D eigenvalue weighted by Gasteiger charge is 2.96. The highest BCUT2D eigenvalue weighted by Crippen LogP contribution is 2.77. The predicted octanol–water partition coefficient (Wildman–Crippen LogP) is 14.2. The average Bonchev–Trinajstić information content (AvgIpc) is 3.07. The van der Waals surface area contributed by atoms with Gasteiger partial charge in [0.15, 0.2) is 0 Å². The molecule has 59 heavy (non-hydrogen) atoms. The van der Waals surface area contributed by atoms with Gasteiger partial charge in [-0.05, 0) is 69.3 Å². The highest BCUT2D eigenvalue weighted by atomic mass is 33.2. The van der Waals surface area contributed by atoms with Crippen LogP contribution in [0.4, 0.5) is 74.6 Å². The molecule has 3 rings (SSSR count). The van der Waals surface area contributed by atoms with E-state index in [1.165, 1.54) is 0 Å². The summed E-state index contributed by atoms with van der Waals surface area (Å²) >= 11 is 0. The van der Waals surface area contributed by atoms with Crippen molar-refractivity contribution in [2.45, 2.75) is 140 Å². The van der Waals surface area contributed by atoms with E-state index < -0.39 is 95.8 Å². The van der Waals surface area contributed by atoms with Crippen LogP contribution in [0.3, 0.4) is 0 Å². The Hall–Kier alpha value is -3.23. The molecule has 0 aliphatic rings. The monoisotopic (exact) mass is 914 g/mol. The van der Waals surface area contributed by atoms with Gasteiger partial charge < -0.3 is 0 Å². The molecule has 0 saturated carbocycles. The van der Waals surface area contributed by atoms with Crippen LogP contribution in [0.2, 0.25) is 0 Å². The smallest absolute Gasteiger partial charge is 0.211 e. The van der Waals surface area contributed by atoms with E-state index in [1.807, 2.05) is 0 Å². The van der Waals surface area contributed by atoms with E-state index in [0.29, 0.717) is 16.7 Å². The number of alkyl halides is 17. The molecule has 0 N–H and O–H groups in total. The first-order valence-electron chi connectivity index (χ1n) is 17.0. The van der Waals surface area contributed by atoms with Crippen LogP contribution in [0.15, 0.2) is 87.5 Å². The van der Waals surface area contributed by atoms with Gasteiger partial charge in [-0.25, -0.2) is 8.42 Å². The minimum atomic E-state index is -8.96. The number of hydrogen-bond acceptors (Lipinski definition) is 2. The van der Waals surface area contributed by atoms with E-state index in [2.05, 4.69) is 0 Å². The van der Waals surface area contributed by atoms with Gasteiger partial charge in [-0.1, -0.05) is 108 Å². The molecule has 0 fully saturated rings. The van der Waals surface area contributed by atoms with Crippen LogP contribution in [0.5, 0.6) is 0 Å². The molecular formula is C38H39F17O2S2. The molecule has 0 bridgehead atoms. The van der Waals surface area contributed by atoms with Crippen LogP contribution in [-0.4, -0.2) is 55.4 Å². The average molecular weight is 915 g/mol. The molecule has 0 aromatic heterocycles. The van der Waals surface area contributed by atoms with Crippen LogP contribution >= 0.6 is 9.06 Å². The van der Waals surface area contributed by atoms with Gasteiger partial charge in [0.1, 0.15) is 0 Å². The Labute approximate surface area is 330 Å². The Balaban J connectivity index is 2.61. The SMILES string of the molecule is CC(C)(C)c1ccc(S(c2ccc(C(C)(C)C)cc2)(c2ccc(C(C)(C)C)cc2)S(=O)(=O)C(F)(F)C(F)(F)C(F)(F)C(F)(F)C(F)(F)C(F)(F)C(F)(F)C(F)(F)F)cc1. The third-order valence-electron chi connectivity index (χ3n) is 9.49. The zero-order valence-corrected chi connectivity index (χ0v) is 34.1. The minimum Gasteiger partial charge on any atom is -0.211 e. The van der Waals surface area contributed by atoms with E-state index in [-0.39, 0.29) is 0 Å². The van der Waals surface area contributed by atoms with Gasteiger partial charge in [0.2, 0.25) is 0 Å². The van der Waals surface area contributed by atoms with E-state index in [9.17, 15) is 56.7 Å². The molecule has 0 unspecified atom stereocenters. The summed E-state index contributed by atoms with van der Waals surface area (Å²) < 4.78 is 277. The third-order valence-corrected chi connectivity index (χ3v) is 18.2. The third kappa shape index (κ3) is 7.38. The molecule has 3 aromatic carbocycles. The first-order valence-corrected chi connectivity index (χ1v) is 20.6. The maximum Gasteiger partial charge on any atom is 0.460 e. The minimum absolute atomic E-state index is 0.334. The highest BCUT2D eigenvalue weighted by molar-refractivity contribution is 8.90. The van der Waals surface area contributed by atoms with Crippen molar-refractivity contribution in [1.82, 2.24) is 0 Å². The molecule has 2 nitrogen and oxygen atoms in total. The maximum absolute atomic E-state index is 16.6. The van der Waals surface area contributed by atoms with Crippen molar-refractivity contribution < 1.29 is 83.1 Å². The van der Waals surface area contributed by atoms with Crippen LogP contribution in [0.25, 0.3) is 0 Å². The molecule has 0 amide bonds. The van der Waals surface area contributed by atoms with Crippen LogP contribution in [0, 0.1) is 0 Å². The molecule has 21 heteroatoms. The maximum atomic E-state index is 16.6. The molecule has 0 atom stereocenters. The molecule has 0 radical (unpaired) electrons. The molecular weight excluding hydrogens is 876 g/mol. The van der Waals surface area contributed by atoms with Gasteiger partial charge in [-0.3, -0.25) is 0 Å². The van der Waals surface area contributed by atoms with Gasteiger partial charge in [-0.15, -0.1) is 0 Å². The summed E-state index contributed by atoms with van der Waals surface area (Å²) in [4.78, 5) is -2.65. The normalized spacial score (nSPS) is 15.7. The number of hydrogen-bond donors (Lipinski definition) is 0. The standard InChI is InChI=1S/C38H39F17O2S2/c1-28(2,3)22-10-16-25(17-11-22)58(26-18-12-23(13-19-26)29(4,5)6,27-20-14-24(15-21-27)30(7,8)9)59(56,57)38(54,55)36(49,50)34(45,46)32(41,42)31(39,40)33(43,44)35(47,48)37(51,52)53/h10-21H,1-9H3. The zero-order chi connectivity index (χ0) is 46.4. The lowest BCUT2D eigenvalue weighted by Gasteiger charge is -2.46. The van der Waals surface area contributed by atoms with E-state index >= 15 is 26.3 Å². The fourth-order valence-electron chi connectivity index (χ4n) is 5.69.